The minimum absolute atomic E-state index is 0.105. The van der Waals surface area contributed by atoms with E-state index in [9.17, 15) is 13.2 Å². The quantitative estimate of drug-likeness (QED) is 0.800. The maximum Gasteiger partial charge on any atom is 0.243 e. The molecular weight excluding hydrogens is 384 g/mol. The van der Waals surface area contributed by atoms with Gasteiger partial charge in [0, 0.05) is 12.1 Å². The van der Waals surface area contributed by atoms with Gasteiger partial charge in [0.05, 0.1) is 17.5 Å². The van der Waals surface area contributed by atoms with Crippen LogP contribution in [-0.2, 0) is 27.7 Å². The molecule has 27 heavy (non-hydrogen) atoms. The first-order valence-corrected chi connectivity index (χ1v) is 10.7. The van der Waals surface area contributed by atoms with E-state index in [0.717, 1.165) is 22.7 Å². The number of hydrogen-bond donors (Lipinski definition) is 1. The number of amides is 1. The van der Waals surface area contributed by atoms with Crippen molar-refractivity contribution < 1.29 is 13.2 Å². The molecule has 1 aliphatic carbocycles. The molecule has 5 nitrogen and oxygen atoms in total. The molecule has 0 heterocycles. The second-order valence-electron chi connectivity index (χ2n) is 6.89. The average molecular weight is 407 g/mol. The number of aryl methyl sites for hydroxylation is 2. The zero-order chi connectivity index (χ0) is 19.6. The lowest BCUT2D eigenvalue weighted by Gasteiger charge is -2.20. The normalized spacial score (nSPS) is 14.8. The Kier molecular flexibility index (Phi) is 5.89. The number of sulfonamides is 1. The van der Waals surface area contributed by atoms with Gasteiger partial charge in [0.15, 0.2) is 0 Å². The van der Waals surface area contributed by atoms with Gasteiger partial charge in [-0.1, -0.05) is 29.8 Å². The summed E-state index contributed by atoms with van der Waals surface area (Å²) in [6.07, 6.45) is 3.36. The molecule has 0 saturated carbocycles. The third-order valence-corrected chi connectivity index (χ3v) is 6.96. The highest BCUT2D eigenvalue weighted by Gasteiger charge is 2.24. The minimum Gasteiger partial charge on any atom is -0.348 e. The van der Waals surface area contributed by atoms with E-state index in [1.54, 1.807) is 0 Å². The number of halogens is 1. The molecule has 0 bridgehead atoms. The Hall–Kier alpha value is -1.89. The number of likely N-dealkylation sites (N-methyl/N-ethyl adjacent to an activating group) is 1. The Bertz CT molecular complexity index is 942. The molecule has 0 saturated heterocycles. The molecule has 0 unspecified atom stereocenters. The third kappa shape index (κ3) is 4.51. The number of carbonyl (C=O) groups excluding carboxylic acids is 1. The Morgan fingerprint density at radius 1 is 1.15 bits per heavy atom. The summed E-state index contributed by atoms with van der Waals surface area (Å²) < 4.78 is 26.2. The average Bonchev–Trinajstić information content (AvgIpc) is 3.09. The van der Waals surface area contributed by atoms with Crippen molar-refractivity contribution in [3.63, 3.8) is 0 Å². The fraction of sp³-hybridized carbons (Fsp3) is 0.350. The van der Waals surface area contributed by atoms with Gasteiger partial charge in [-0.25, -0.2) is 8.42 Å². The third-order valence-electron chi connectivity index (χ3n) is 4.89. The number of hydrogen-bond acceptors (Lipinski definition) is 3. The maximum atomic E-state index is 12.6. The Morgan fingerprint density at radius 3 is 2.52 bits per heavy atom. The standard InChI is InChI=1S/C20H23ClN2O3S/c1-14(16-7-6-15-4-3-5-17(15)12-16)22-20(24)13-23(2)27(25,26)19-10-8-18(21)9-11-19/h6-12,14H,3-5,13H2,1-2H3,(H,22,24)/t14-/m1/s1. The summed E-state index contributed by atoms with van der Waals surface area (Å²) in [5.74, 6) is -0.344. The molecule has 3 rings (SSSR count). The fourth-order valence-corrected chi connectivity index (χ4v) is 4.56. The van der Waals surface area contributed by atoms with Crippen molar-refractivity contribution in [1.29, 1.82) is 0 Å². The highest BCUT2D eigenvalue weighted by molar-refractivity contribution is 7.89. The zero-order valence-corrected chi connectivity index (χ0v) is 17.0. The number of fused-ring (bicyclic) bond motifs is 1. The lowest BCUT2D eigenvalue weighted by Crippen LogP contribution is -2.39. The largest absolute Gasteiger partial charge is 0.348 e. The molecule has 1 atom stereocenters. The van der Waals surface area contributed by atoms with Gasteiger partial charge in [-0.2, -0.15) is 4.31 Å². The molecule has 7 heteroatoms. The van der Waals surface area contributed by atoms with Gasteiger partial charge in [-0.05, 0) is 67.1 Å². The van der Waals surface area contributed by atoms with Crippen LogP contribution < -0.4 is 5.32 Å². The van der Waals surface area contributed by atoms with Crippen LogP contribution in [0.5, 0.6) is 0 Å². The fourth-order valence-electron chi connectivity index (χ4n) is 3.31. The van der Waals surface area contributed by atoms with E-state index in [-0.39, 0.29) is 23.4 Å². The van der Waals surface area contributed by atoms with Gasteiger partial charge in [-0.3, -0.25) is 4.79 Å². The molecule has 0 spiro atoms. The van der Waals surface area contributed by atoms with Gasteiger partial charge >= 0.3 is 0 Å². The van der Waals surface area contributed by atoms with E-state index < -0.39 is 10.0 Å². The summed E-state index contributed by atoms with van der Waals surface area (Å²) in [6, 6.07) is 12.0. The molecule has 1 amide bonds. The minimum atomic E-state index is -3.75. The van der Waals surface area contributed by atoms with Crippen LogP contribution in [0.3, 0.4) is 0 Å². The molecule has 0 aliphatic heterocycles. The van der Waals surface area contributed by atoms with Crippen LogP contribution in [0.2, 0.25) is 5.02 Å². The van der Waals surface area contributed by atoms with Gasteiger partial charge < -0.3 is 5.32 Å². The summed E-state index contributed by atoms with van der Waals surface area (Å²) in [5.41, 5.74) is 3.76. The van der Waals surface area contributed by atoms with Crippen molar-refractivity contribution >= 4 is 27.5 Å². The Labute approximate surface area is 165 Å². The van der Waals surface area contributed by atoms with E-state index in [4.69, 9.17) is 11.6 Å². The maximum absolute atomic E-state index is 12.6. The lowest BCUT2D eigenvalue weighted by molar-refractivity contribution is -0.121. The second-order valence-corrected chi connectivity index (χ2v) is 9.37. The Morgan fingerprint density at radius 2 is 1.81 bits per heavy atom. The molecule has 144 valence electrons. The van der Waals surface area contributed by atoms with Crippen LogP contribution in [0.4, 0.5) is 0 Å². The van der Waals surface area contributed by atoms with Crippen LogP contribution >= 0.6 is 11.6 Å². The molecule has 1 aliphatic rings. The molecule has 0 fully saturated rings. The van der Waals surface area contributed by atoms with Crippen LogP contribution in [-0.4, -0.2) is 32.2 Å². The molecule has 0 radical (unpaired) electrons. The van der Waals surface area contributed by atoms with Crippen molar-refractivity contribution in [3.8, 4) is 0 Å². The number of benzene rings is 2. The van der Waals surface area contributed by atoms with Crippen molar-refractivity contribution in [1.82, 2.24) is 9.62 Å². The first-order valence-electron chi connectivity index (χ1n) is 8.90. The number of carbonyl (C=O) groups is 1. The predicted molar refractivity (Wildman–Crippen MR) is 106 cm³/mol. The molecule has 1 N–H and O–H groups in total. The van der Waals surface area contributed by atoms with Gasteiger partial charge in [0.25, 0.3) is 0 Å². The van der Waals surface area contributed by atoms with Crippen LogP contribution in [0.1, 0.15) is 36.1 Å². The second kappa shape index (κ2) is 8.00. The van der Waals surface area contributed by atoms with Gasteiger partial charge in [0.1, 0.15) is 0 Å². The summed E-state index contributed by atoms with van der Waals surface area (Å²) >= 11 is 5.80. The molecule has 2 aromatic rings. The van der Waals surface area contributed by atoms with E-state index >= 15 is 0 Å². The highest BCUT2D eigenvalue weighted by Crippen LogP contribution is 2.25. The van der Waals surface area contributed by atoms with E-state index in [1.807, 2.05) is 13.0 Å². The number of nitrogens with zero attached hydrogens (tertiary/aromatic N) is 1. The van der Waals surface area contributed by atoms with Crippen LogP contribution in [0.15, 0.2) is 47.4 Å². The van der Waals surface area contributed by atoms with E-state index in [2.05, 4.69) is 17.4 Å². The van der Waals surface area contributed by atoms with Crippen molar-refractivity contribution in [3.05, 3.63) is 64.2 Å². The predicted octanol–water partition coefficient (Wildman–Crippen LogP) is 3.33. The molecular formula is C20H23ClN2O3S. The van der Waals surface area contributed by atoms with Crippen LogP contribution in [0.25, 0.3) is 0 Å². The lowest BCUT2D eigenvalue weighted by atomic mass is 10.0. The topological polar surface area (TPSA) is 66.5 Å². The summed E-state index contributed by atoms with van der Waals surface area (Å²) in [7, 11) is -2.35. The molecule has 0 aromatic heterocycles. The zero-order valence-electron chi connectivity index (χ0n) is 15.4. The number of nitrogens with one attached hydrogen (secondary N) is 1. The molecule has 2 aromatic carbocycles. The first-order chi connectivity index (χ1) is 12.8. The first kappa shape index (κ1) is 19.9. The summed E-state index contributed by atoms with van der Waals surface area (Å²) in [5, 5.41) is 3.34. The van der Waals surface area contributed by atoms with Crippen molar-refractivity contribution in [2.75, 3.05) is 13.6 Å². The summed E-state index contributed by atoms with van der Waals surface area (Å²) in [4.78, 5) is 12.5. The number of rotatable bonds is 6. The summed E-state index contributed by atoms with van der Waals surface area (Å²) in [6.45, 7) is 1.66. The van der Waals surface area contributed by atoms with E-state index in [0.29, 0.717) is 5.02 Å². The monoisotopic (exact) mass is 406 g/mol. The highest BCUT2D eigenvalue weighted by atomic mass is 35.5. The smallest absolute Gasteiger partial charge is 0.243 e. The SMILES string of the molecule is C[C@@H](NC(=O)CN(C)S(=O)(=O)c1ccc(Cl)cc1)c1ccc2c(c1)CCC2. The Balaban J connectivity index is 1.63. The van der Waals surface area contributed by atoms with Gasteiger partial charge in [0.2, 0.25) is 15.9 Å². The van der Waals surface area contributed by atoms with Crippen molar-refractivity contribution in [2.24, 2.45) is 0 Å². The van der Waals surface area contributed by atoms with Crippen LogP contribution in [0, 0.1) is 0 Å². The van der Waals surface area contributed by atoms with Gasteiger partial charge in [-0.15, -0.1) is 0 Å². The van der Waals surface area contributed by atoms with Crippen molar-refractivity contribution in [2.45, 2.75) is 37.1 Å². The van der Waals surface area contributed by atoms with E-state index in [1.165, 1.54) is 48.9 Å².